The van der Waals surface area contributed by atoms with Crippen molar-refractivity contribution in [1.29, 1.82) is 0 Å². The number of ether oxygens (including phenoxy) is 1. The normalized spacial score (nSPS) is 20.6. The molecular formula is C17H24N4O2S. The van der Waals surface area contributed by atoms with Gasteiger partial charge in [-0.25, -0.2) is 0 Å². The number of hydrogen-bond donors (Lipinski definition) is 0. The molecule has 1 aliphatic carbocycles. The predicted octanol–water partition coefficient (Wildman–Crippen LogP) is 2.51. The van der Waals surface area contributed by atoms with Crippen LogP contribution >= 0.6 is 11.3 Å². The lowest BCUT2D eigenvalue weighted by molar-refractivity contribution is 0.00916. The van der Waals surface area contributed by atoms with Crippen LogP contribution in [0.3, 0.4) is 0 Å². The topological polar surface area (TPSA) is 54.6 Å². The molecular weight excluding hydrogens is 324 g/mol. The molecule has 0 spiro atoms. The monoisotopic (exact) mass is 348 g/mol. The molecule has 6 nitrogen and oxygen atoms in total. The number of hydrogen-bond acceptors (Lipinski definition) is 7. The molecule has 0 amide bonds. The Kier molecular flexibility index (Phi) is 4.93. The Bertz CT molecular complexity index is 635. The van der Waals surface area contributed by atoms with Crippen molar-refractivity contribution in [3.05, 3.63) is 34.2 Å². The van der Waals surface area contributed by atoms with Gasteiger partial charge in [-0.05, 0) is 31.3 Å². The highest BCUT2D eigenvalue weighted by atomic mass is 32.1. The molecule has 0 unspecified atom stereocenters. The number of morpholine rings is 1. The van der Waals surface area contributed by atoms with Crippen molar-refractivity contribution in [3.8, 4) is 0 Å². The number of thiophene rings is 1. The molecule has 3 heterocycles. The molecule has 1 aliphatic heterocycles. The second kappa shape index (κ2) is 7.31. The zero-order valence-electron chi connectivity index (χ0n) is 14.1. The third kappa shape index (κ3) is 3.85. The van der Waals surface area contributed by atoms with Crippen LogP contribution in [0.2, 0.25) is 0 Å². The van der Waals surface area contributed by atoms with E-state index >= 15 is 0 Å². The lowest BCUT2D eigenvalue weighted by atomic mass is 10.1. The van der Waals surface area contributed by atoms with Gasteiger partial charge in [0.25, 0.3) is 0 Å². The Morgan fingerprint density at radius 3 is 2.88 bits per heavy atom. The molecule has 2 aromatic rings. The summed E-state index contributed by atoms with van der Waals surface area (Å²) in [5.41, 5.74) is 0. The first-order valence-electron chi connectivity index (χ1n) is 8.65. The third-order valence-electron chi connectivity index (χ3n) is 4.66. The van der Waals surface area contributed by atoms with E-state index < -0.39 is 0 Å². The molecule has 7 heteroatoms. The fourth-order valence-corrected chi connectivity index (χ4v) is 4.02. The van der Waals surface area contributed by atoms with Crippen LogP contribution in [-0.2, 0) is 11.3 Å². The van der Waals surface area contributed by atoms with Gasteiger partial charge in [-0.15, -0.1) is 21.5 Å². The fourth-order valence-electron chi connectivity index (χ4n) is 3.17. The summed E-state index contributed by atoms with van der Waals surface area (Å²) in [7, 11) is 2.13. The fraction of sp³-hybridized carbons (Fsp3) is 0.647. The van der Waals surface area contributed by atoms with E-state index in [1.165, 1.54) is 17.7 Å². The van der Waals surface area contributed by atoms with Gasteiger partial charge in [0.2, 0.25) is 11.8 Å². The highest BCUT2D eigenvalue weighted by molar-refractivity contribution is 7.10. The van der Waals surface area contributed by atoms with Gasteiger partial charge < -0.3 is 9.15 Å². The molecule has 1 atom stereocenters. The Balaban J connectivity index is 1.40. The van der Waals surface area contributed by atoms with E-state index in [9.17, 15) is 0 Å². The molecule has 0 N–H and O–H groups in total. The molecule has 130 valence electrons. The Morgan fingerprint density at radius 1 is 1.33 bits per heavy atom. The van der Waals surface area contributed by atoms with Crippen LogP contribution in [0.4, 0.5) is 0 Å². The first kappa shape index (κ1) is 16.2. The zero-order valence-corrected chi connectivity index (χ0v) is 14.9. The second-order valence-electron chi connectivity index (χ2n) is 6.68. The summed E-state index contributed by atoms with van der Waals surface area (Å²) in [6.07, 6.45) is 2.38. The van der Waals surface area contributed by atoms with E-state index in [0.717, 1.165) is 44.6 Å². The maximum atomic E-state index is 5.80. The average molecular weight is 348 g/mol. The lowest BCUT2D eigenvalue weighted by Gasteiger charge is -2.35. The summed E-state index contributed by atoms with van der Waals surface area (Å²) in [5, 5.41) is 10.5. The highest BCUT2D eigenvalue weighted by Gasteiger charge is 2.30. The van der Waals surface area contributed by atoms with E-state index in [-0.39, 0.29) is 0 Å². The van der Waals surface area contributed by atoms with E-state index in [4.69, 9.17) is 9.15 Å². The summed E-state index contributed by atoms with van der Waals surface area (Å²) in [6, 6.07) is 4.76. The Hall–Kier alpha value is -1.28. The summed E-state index contributed by atoms with van der Waals surface area (Å²) in [4.78, 5) is 6.22. The summed E-state index contributed by atoms with van der Waals surface area (Å²) < 4.78 is 11.3. The van der Waals surface area contributed by atoms with Crippen molar-refractivity contribution < 1.29 is 9.15 Å². The standard InChI is InChI=1S/C17H24N4O2S/c1-20(12-16-18-19-17(23-16)13-4-5-13)11-14(15-3-2-10-24-15)21-6-8-22-9-7-21/h2-3,10,13-14H,4-9,11-12H2,1H3/t14-/m1/s1. The molecule has 2 fully saturated rings. The van der Waals surface area contributed by atoms with Gasteiger partial charge in [0.1, 0.15) is 0 Å². The van der Waals surface area contributed by atoms with E-state index in [1.54, 1.807) is 0 Å². The van der Waals surface area contributed by atoms with Gasteiger partial charge in [-0.3, -0.25) is 9.80 Å². The van der Waals surface area contributed by atoms with Crippen LogP contribution in [0.5, 0.6) is 0 Å². The van der Waals surface area contributed by atoms with E-state index in [0.29, 0.717) is 18.5 Å². The van der Waals surface area contributed by atoms with Gasteiger partial charge in [0.15, 0.2) is 0 Å². The summed E-state index contributed by atoms with van der Waals surface area (Å²) >= 11 is 1.83. The van der Waals surface area contributed by atoms with Crippen LogP contribution in [0, 0.1) is 0 Å². The van der Waals surface area contributed by atoms with Gasteiger partial charge in [-0.2, -0.15) is 0 Å². The SMILES string of the molecule is CN(Cc1nnc(C2CC2)o1)C[C@H](c1cccs1)N1CCOCC1. The number of likely N-dealkylation sites (N-methyl/N-ethyl adjacent to an activating group) is 1. The number of rotatable bonds is 7. The molecule has 1 saturated heterocycles. The molecule has 2 aliphatic rings. The zero-order chi connectivity index (χ0) is 16.4. The molecule has 2 aromatic heterocycles. The first-order chi connectivity index (χ1) is 11.8. The van der Waals surface area contributed by atoms with Gasteiger partial charge in [-0.1, -0.05) is 6.07 Å². The molecule has 24 heavy (non-hydrogen) atoms. The minimum Gasteiger partial charge on any atom is -0.424 e. The molecule has 0 bridgehead atoms. The van der Waals surface area contributed by atoms with Crippen molar-refractivity contribution >= 4 is 11.3 Å². The lowest BCUT2D eigenvalue weighted by Crippen LogP contribution is -2.42. The van der Waals surface area contributed by atoms with Gasteiger partial charge in [0.05, 0.1) is 25.8 Å². The van der Waals surface area contributed by atoms with Crippen LogP contribution in [0.25, 0.3) is 0 Å². The average Bonchev–Trinajstić information content (AvgIpc) is 3.11. The third-order valence-corrected chi connectivity index (χ3v) is 5.63. The predicted molar refractivity (Wildman–Crippen MR) is 92.1 cm³/mol. The van der Waals surface area contributed by atoms with Gasteiger partial charge in [0, 0.05) is 30.4 Å². The largest absolute Gasteiger partial charge is 0.424 e. The van der Waals surface area contributed by atoms with Crippen molar-refractivity contribution in [2.24, 2.45) is 0 Å². The minimum atomic E-state index is 0.393. The van der Waals surface area contributed by atoms with Gasteiger partial charge >= 0.3 is 0 Å². The molecule has 4 rings (SSSR count). The molecule has 0 radical (unpaired) electrons. The van der Waals surface area contributed by atoms with Crippen molar-refractivity contribution in [3.63, 3.8) is 0 Å². The quantitative estimate of drug-likeness (QED) is 0.766. The van der Waals surface area contributed by atoms with Crippen LogP contribution in [-0.4, -0.2) is 59.9 Å². The van der Waals surface area contributed by atoms with Crippen LogP contribution < -0.4 is 0 Å². The Labute approximate surface area is 146 Å². The molecule has 1 saturated carbocycles. The maximum absolute atomic E-state index is 5.80. The van der Waals surface area contributed by atoms with Crippen molar-refractivity contribution in [2.75, 3.05) is 39.9 Å². The molecule has 0 aromatic carbocycles. The summed E-state index contributed by atoms with van der Waals surface area (Å²) in [5.74, 6) is 2.07. The van der Waals surface area contributed by atoms with Crippen molar-refractivity contribution in [2.45, 2.75) is 31.3 Å². The second-order valence-corrected chi connectivity index (χ2v) is 7.66. The summed E-state index contributed by atoms with van der Waals surface area (Å²) in [6.45, 7) is 5.26. The van der Waals surface area contributed by atoms with Crippen LogP contribution in [0.1, 0.15) is 41.5 Å². The number of nitrogens with zero attached hydrogens (tertiary/aromatic N) is 4. The smallest absolute Gasteiger partial charge is 0.230 e. The van der Waals surface area contributed by atoms with E-state index in [1.807, 2.05) is 11.3 Å². The maximum Gasteiger partial charge on any atom is 0.230 e. The van der Waals surface area contributed by atoms with Crippen molar-refractivity contribution in [1.82, 2.24) is 20.0 Å². The first-order valence-corrected chi connectivity index (χ1v) is 9.53. The van der Waals surface area contributed by atoms with Crippen LogP contribution in [0.15, 0.2) is 21.9 Å². The number of aromatic nitrogens is 2. The minimum absolute atomic E-state index is 0.393. The Morgan fingerprint density at radius 2 is 2.17 bits per heavy atom. The highest BCUT2D eigenvalue weighted by Crippen LogP contribution is 2.39. The van der Waals surface area contributed by atoms with E-state index in [2.05, 4.69) is 44.6 Å².